The summed E-state index contributed by atoms with van der Waals surface area (Å²) in [6.07, 6.45) is -1.77. The highest BCUT2D eigenvalue weighted by atomic mass is 32.2. The van der Waals surface area contributed by atoms with Gasteiger partial charge in [-0.15, -0.1) is 0 Å². The number of aliphatic imine (C=N–C) groups is 1. The predicted octanol–water partition coefficient (Wildman–Crippen LogP) is 5.18. The molecule has 1 saturated heterocycles. The summed E-state index contributed by atoms with van der Waals surface area (Å²) in [5.74, 6) is -0.233. The molecule has 30 heavy (non-hydrogen) atoms. The summed E-state index contributed by atoms with van der Waals surface area (Å²) < 4.78 is 50.4. The molecule has 1 fully saturated rings. The molecule has 4 rings (SSSR count). The van der Waals surface area contributed by atoms with Crippen molar-refractivity contribution in [2.24, 2.45) is 4.99 Å². The molecule has 1 amide bonds. The molecule has 2 aliphatic heterocycles. The summed E-state index contributed by atoms with van der Waals surface area (Å²) in [5, 5.41) is 0.702. The van der Waals surface area contributed by atoms with E-state index < -0.39 is 11.7 Å². The van der Waals surface area contributed by atoms with Gasteiger partial charge in [0.05, 0.1) is 17.6 Å². The minimum Gasteiger partial charge on any atom is -0.493 e. The lowest BCUT2D eigenvalue weighted by Gasteiger charge is -2.31. The van der Waals surface area contributed by atoms with Crippen molar-refractivity contribution in [3.8, 4) is 17.2 Å². The maximum Gasteiger partial charge on any atom is 0.419 e. The molecule has 0 saturated carbocycles. The number of ether oxygens (including phenoxy) is 2. The van der Waals surface area contributed by atoms with Gasteiger partial charge in [0.1, 0.15) is 5.75 Å². The topological polar surface area (TPSA) is 51.1 Å². The maximum absolute atomic E-state index is 13.2. The van der Waals surface area contributed by atoms with Gasteiger partial charge in [-0.05, 0) is 54.1 Å². The third-order valence-electron chi connectivity index (χ3n) is 4.63. The van der Waals surface area contributed by atoms with E-state index in [-0.39, 0.29) is 23.2 Å². The normalized spacial score (nSPS) is 17.7. The molecule has 9 heteroatoms. The second kappa shape index (κ2) is 8.06. The molecule has 0 bridgehead atoms. The Morgan fingerprint density at radius 3 is 2.53 bits per heavy atom. The van der Waals surface area contributed by atoms with Crippen molar-refractivity contribution in [3.63, 3.8) is 0 Å². The van der Waals surface area contributed by atoms with Crippen molar-refractivity contribution in [1.82, 2.24) is 4.90 Å². The molecule has 0 unspecified atom stereocenters. The van der Waals surface area contributed by atoms with Gasteiger partial charge in [-0.3, -0.25) is 4.79 Å². The molecular weight excluding hydrogens is 417 g/mol. The molecule has 5 nitrogen and oxygen atoms in total. The zero-order valence-corrected chi connectivity index (χ0v) is 16.7. The van der Waals surface area contributed by atoms with Crippen molar-refractivity contribution in [3.05, 3.63) is 58.5 Å². The molecule has 2 heterocycles. The van der Waals surface area contributed by atoms with Crippen molar-refractivity contribution < 1.29 is 27.4 Å². The largest absolute Gasteiger partial charge is 0.493 e. The van der Waals surface area contributed by atoms with Gasteiger partial charge in [0, 0.05) is 13.1 Å². The van der Waals surface area contributed by atoms with Gasteiger partial charge in [-0.1, -0.05) is 18.2 Å². The predicted molar refractivity (Wildman–Crippen MR) is 109 cm³/mol. The molecule has 156 valence electrons. The highest BCUT2D eigenvalue weighted by Gasteiger charge is 2.34. The van der Waals surface area contributed by atoms with Crippen LogP contribution < -0.4 is 9.47 Å². The third-order valence-corrected chi connectivity index (χ3v) is 5.68. The Labute approximate surface area is 175 Å². The van der Waals surface area contributed by atoms with Gasteiger partial charge in [0.15, 0.2) is 16.7 Å². The van der Waals surface area contributed by atoms with E-state index in [1.807, 2.05) is 4.90 Å². The summed E-state index contributed by atoms with van der Waals surface area (Å²) in [7, 11) is 1.40. The lowest BCUT2D eigenvalue weighted by molar-refractivity contribution is -0.138. The van der Waals surface area contributed by atoms with Gasteiger partial charge in [0.25, 0.3) is 5.91 Å². The smallest absolute Gasteiger partial charge is 0.419 e. The van der Waals surface area contributed by atoms with E-state index in [1.165, 1.54) is 43.1 Å². The number of rotatable bonds is 4. The van der Waals surface area contributed by atoms with E-state index in [1.54, 1.807) is 18.2 Å². The number of nitrogens with zero attached hydrogens (tertiary/aromatic N) is 2. The lowest BCUT2D eigenvalue weighted by Crippen LogP contribution is -2.39. The number of alkyl halides is 3. The Kier molecular flexibility index (Phi) is 5.46. The SMILES string of the molecule is COc1cc(C=C2SC(N3CCC3)=NC2=O)ccc1Oc1ccccc1C(F)(F)F. The van der Waals surface area contributed by atoms with E-state index in [0.29, 0.717) is 15.6 Å². The van der Waals surface area contributed by atoms with Crippen molar-refractivity contribution in [1.29, 1.82) is 0 Å². The Bertz CT molecular complexity index is 1050. The molecule has 0 N–H and O–H groups in total. The van der Waals surface area contributed by atoms with Crippen LogP contribution in [0.5, 0.6) is 17.2 Å². The highest BCUT2D eigenvalue weighted by molar-refractivity contribution is 8.18. The lowest BCUT2D eigenvalue weighted by atomic mass is 10.1. The standard InChI is InChI=1S/C21H17F3N2O3S/c1-28-17-11-13(12-18-19(27)25-20(30-18)26-9-4-10-26)7-8-16(17)29-15-6-3-2-5-14(15)21(22,23)24/h2-3,5-8,11-12H,4,9-10H2,1H3. The minimum absolute atomic E-state index is 0.138. The second-order valence-electron chi connectivity index (χ2n) is 6.66. The van der Waals surface area contributed by atoms with Gasteiger partial charge in [-0.25, -0.2) is 0 Å². The average molecular weight is 434 g/mol. The first-order valence-electron chi connectivity index (χ1n) is 9.15. The number of carbonyl (C=O) groups excluding carboxylic acids is 1. The minimum atomic E-state index is -4.54. The van der Waals surface area contributed by atoms with Gasteiger partial charge in [-0.2, -0.15) is 18.2 Å². The number of likely N-dealkylation sites (tertiary alicyclic amines) is 1. The van der Waals surface area contributed by atoms with Gasteiger partial charge < -0.3 is 14.4 Å². The fourth-order valence-electron chi connectivity index (χ4n) is 2.96. The second-order valence-corrected chi connectivity index (χ2v) is 7.67. The Hall–Kier alpha value is -2.94. The number of para-hydroxylation sites is 1. The van der Waals surface area contributed by atoms with Gasteiger partial charge >= 0.3 is 6.18 Å². The van der Waals surface area contributed by atoms with Gasteiger partial charge in [0.2, 0.25) is 0 Å². The first kappa shape index (κ1) is 20.3. The number of methoxy groups -OCH3 is 1. The molecule has 0 aromatic heterocycles. The van der Waals surface area contributed by atoms with E-state index in [9.17, 15) is 18.0 Å². The van der Waals surface area contributed by atoms with Crippen LogP contribution in [0.3, 0.4) is 0 Å². The molecule has 2 aliphatic rings. The molecule has 0 atom stereocenters. The number of thioether (sulfide) groups is 1. The zero-order chi connectivity index (χ0) is 21.3. The fourth-order valence-corrected chi connectivity index (χ4v) is 3.92. The zero-order valence-electron chi connectivity index (χ0n) is 15.9. The first-order valence-corrected chi connectivity index (χ1v) is 9.96. The number of amidine groups is 1. The summed E-state index contributed by atoms with van der Waals surface area (Å²) in [4.78, 5) is 18.8. The van der Waals surface area contributed by atoms with Crippen LogP contribution in [0.4, 0.5) is 13.2 Å². The van der Waals surface area contributed by atoms with E-state index in [0.717, 1.165) is 25.6 Å². The summed E-state index contributed by atoms with van der Waals surface area (Å²) in [5.41, 5.74) is -0.221. The van der Waals surface area contributed by atoms with Crippen LogP contribution in [0.2, 0.25) is 0 Å². The third kappa shape index (κ3) is 4.16. The number of amides is 1. The number of halogens is 3. The van der Waals surface area contributed by atoms with Crippen LogP contribution in [0.15, 0.2) is 52.4 Å². The van der Waals surface area contributed by atoms with Crippen LogP contribution in [0, 0.1) is 0 Å². The van der Waals surface area contributed by atoms with Crippen LogP contribution in [-0.4, -0.2) is 36.2 Å². The monoisotopic (exact) mass is 434 g/mol. The van der Waals surface area contributed by atoms with Crippen molar-refractivity contribution in [2.45, 2.75) is 12.6 Å². The van der Waals surface area contributed by atoms with Crippen LogP contribution in [-0.2, 0) is 11.0 Å². The first-order chi connectivity index (χ1) is 14.3. The quantitative estimate of drug-likeness (QED) is 0.621. The van der Waals surface area contributed by atoms with E-state index in [2.05, 4.69) is 4.99 Å². The maximum atomic E-state index is 13.2. The summed E-state index contributed by atoms with van der Waals surface area (Å²) in [6.45, 7) is 1.79. The Morgan fingerprint density at radius 1 is 1.10 bits per heavy atom. The number of hydrogen-bond acceptors (Lipinski definition) is 5. The molecular formula is C21H17F3N2O3S. The summed E-state index contributed by atoms with van der Waals surface area (Å²) >= 11 is 1.31. The van der Waals surface area contributed by atoms with Crippen molar-refractivity contribution >= 4 is 28.9 Å². The van der Waals surface area contributed by atoms with Crippen LogP contribution in [0.25, 0.3) is 6.08 Å². The molecule has 0 spiro atoms. The summed E-state index contributed by atoms with van der Waals surface area (Å²) in [6, 6.07) is 9.74. The molecule has 0 radical (unpaired) electrons. The molecule has 2 aromatic carbocycles. The molecule has 2 aromatic rings. The molecule has 0 aliphatic carbocycles. The van der Waals surface area contributed by atoms with Crippen LogP contribution in [0.1, 0.15) is 17.5 Å². The van der Waals surface area contributed by atoms with Crippen molar-refractivity contribution in [2.75, 3.05) is 20.2 Å². The number of carbonyl (C=O) groups is 1. The fraction of sp³-hybridized carbons (Fsp3) is 0.238. The number of benzene rings is 2. The average Bonchev–Trinajstić information content (AvgIpc) is 3.00. The Morgan fingerprint density at radius 2 is 1.87 bits per heavy atom. The highest BCUT2D eigenvalue weighted by Crippen LogP contribution is 2.41. The van der Waals surface area contributed by atoms with Crippen LogP contribution >= 0.6 is 11.8 Å². The number of hydrogen-bond donors (Lipinski definition) is 0. The van der Waals surface area contributed by atoms with E-state index >= 15 is 0 Å². The van der Waals surface area contributed by atoms with E-state index in [4.69, 9.17) is 9.47 Å². The Balaban J connectivity index is 1.57.